The Morgan fingerprint density at radius 2 is 1.89 bits per heavy atom. The summed E-state index contributed by atoms with van der Waals surface area (Å²) in [6, 6.07) is 0. The van der Waals surface area contributed by atoms with Crippen LogP contribution in [-0.4, -0.2) is 29.6 Å². The molecular formula is C3H7NO5. The molecule has 54 valence electrons. The molecule has 0 bridgehead atoms. The normalized spacial score (nSPS) is 14.7. The highest BCUT2D eigenvalue weighted by atomic mass is 16.6. The van der Waals surface area contributed by atoms with Gasteiger partial charge in [-0.25, -0.2) is 4.79 Å². The Morgan fingerprint density at radius 1 is 1.33 bits per heavy atom. The van der Waals surface area contributed by atoms with Crippen molar-refractivity contribution in [1.82, 2.24) is 5.32 Å². The van der Waals surface area contributed by atoms with Crippen LogP contribution in [0.25, 0.3) is 0 Å². The summed E-state index contributed by atoms with van der Waals surface area (Å²) in [4.78, 5) is 19.9. The molecular weight excluding hydrogens is 130 g/mol. The third-order valence-electron chi connectivity index (χ3n) is 0.576. The molecule has 0 unspecified atom stereocenters. The first-order valence-corrected chi connectivity index (χ1v) is 1.75. The molecule has 0 saturated carbocycles. The van der Waals surface area contributed by atoms with Crippen LogP contribution < -0.4 is 5.32 Å². The SMILES string of the molecule is O.O.O=C1COC(=O)N1. The summed E-state index contributed by atoms with van der Waals surface area (Å²) in [5.74, 6) is -0.370. The molecule has 6 nitrogen and oxygen atoms in total. The van der Waals surface area contributed by atoms with Gasteiger partial charge in [-0.3, -0.25) is 10.1 Å². The minimum Gasteiger partial charge on any atom is -0.439 e. The van der Waals surface area contributed by atoms with E-state index in [1.165, 1.54) is 0 Å². The van der Waals surface area contributed by atoms with E-state index in [0.717, 1.165) is 0 Å². The summed E-state index contributed by atoms with van der Waals surface area (Å²) in [5.41, 5.74) is 0. The third kappa shape index (κ3) is 2.62. The number of carbonyl (C=O) groups excluding carboxylic acids is 2. The molecule has 0 atom stereocenters. The van der Waals surface area contributed by atoms with Gasteiger partial charge in [-0.1, -0.05) is 0 Å². The van der Waals surface area contributed by atoms with E-state index in [9.17, 15) is 9.59 Å². The molecule has 0 spiro atoms. The molecule has 1 rings (SSSR count). The molecule has 5 N–H and O–H groups in total. The van der Waals surface area contributed by atoms with Crippen LogP contribution in [0.2, 0.25) is 0 Å². The van der Waals surface area contributed by atoms with Crippen molar-refractivity contribution in [3.05, 3.63) is 0 Å². The Morgan fingerprint density at radius 3 is 2.00 bits per heavy atom. The van der Waals surface area contributed by atoms with Crippen LogP contribution in [0.3, 0.4) is 0 Å². The smallest absolute Gasteiger partial charge is 0.414 e. The van der Waals surface area contributed by atoms with Gasteiger partial charge in [0.2, 0.25) is 0 Å². The van der Waals surface area contributed by atoms with Crippen molar-refractivity contribution in [3.63, 3.8) is 0 Å². The predicted octanol–water partition coefficient (Wildman–Crippen LogP) is -2.40. The van der Waals surface area contributed by atoms with Crippen molar-refractivity contribution in [1.29, 1.82) is 0 Å². The first-order chi connectivity index (χ1) is 3.29. The Balaban J connectivity index is 0. The Bertz CT molecular complexity index is 107. The molecule has 6 heteroatoms. The zero-order chi connectivity index (χ0) is 5.28. The molecule has 1 heterocycles. The van der Waals surface area contributed by atoms with E-state index in [1.807, 2.05) is 5.32 Å². The van der Waals surface area contributed by atoms with E-state index in [-0.39, 0.29) is 23.5 Å². The van der Waals surface area contributed by atoms with Crippen LogP contribution in [0.15, 0.2) is 0 Å². The molecule has 1 aliphatic heterocycles. The van der Waals surface area contributed by atoms with E-state index in [2.05, 4.69) is 4.74 Å². The molecule has 0 aromatic heterocycles. The Labute approximate surface area is 50.4 Å². The van der Waals surface area contributed by atoms with Crippen LogP contribution in [0.1, 0.15) is 0 Å². The van der Waals surface area contributed by atoms with Gasteiger partial charge in [0.15, 0.2) is 6.61 Å². The average molecular weight is 137 g/mol. The third-order valence-corrected chi connectivity index (χ3v) is 0.576. The van der Waals surface area contributed by atoms with Crippen molar-refractivity contribution in [2.75, 3.05) is 6.61 Å². The lowest BCUT2D eigenvalue weighted by atomic mass is 10.7. The van der Waals surface area contributed by atoms with Gasteiger partial charge < -0.3 is 15.7 Å². The van der Waals surface area contributed by atoms with E-state index >= 15 is 0 Å². The molecule has 0 aromatic rings. The predicted molar refractivity (Wildman–Crippen MR) is 26.7 cm³/mol. The molecule has 1 aliphatic rings. The first-order valence-electron chi connectivity index (χ1n) is 1.75. The van der Waals surface area contributed by atoms with Crippen molar-refractivity contribution in [2.24, 2.45) is 0 Å². The van der Waals surface area contributed by atoms with Gasteiger partial charge in [0.25, 0.3) is 5.91 Å². The molecule has 0 radical (unpaired) electrons. The summed E-state index contributed by atoms with van der Waals surface area (Å²) < 4.78 is 4.17. The summed E-state index contributed by atoms with van der Waals surface area (Å²) in [6.45, 7) is -0.126. The maximum Gasteiger partial charge on any atom is 0.414 e. The Hall–Kier alpha value is -1.14. The van der Waals surface area contributed by atoms with Gasteiger partial charge in [-0.05, 0) is 0 Å². The van der Waals surface area contributed by atoms with Gasteiger partial charge in [0, 0.05) is 0 Å². The second-order valence-corrected chi connectivity index (χ2v) is 1.12. The summed E-state index contributed by atoms with van der Waals surface area (Å²) in [5, 5.41) is 1.92. The van der Waals surface area contributed by atoms with Crippen LogP contribution in [0, 0.1) is 0 Å². The molecule has 1 fully saturated rings. The van der Waals surface area contributed by atoms with Gasteiger partial charge >= 0.3 is 6.09 Å². The van der Waals surface area contributed by atoms with Crippen molar-refractivity contribution in [3.8, 4) is 0 Å². The maximum atomic E-state index is 10.00. The van der Waals surface area contributed by atoms with Gasteiger partial charge in [-0.15, -0.1) is 0 Å². The number of alkyl carbamates (subject to hydrolysis) is 1. The molecule has 0 aliphatic carbocycles. The molecule has 0 aromatic carbocycles. The minimum absolute atomic E-state index is 0. The van der Waals surface area contributed by atoms with Crippen molar-refractivity contribution in [2.45, 2.75) is 0 Å². The van der Waals surface area contributed by atoms with E-state index in [0.29, 0.717) is 0 Å². The minimum atomic E-state index is -0.648. The number of rotatable bonds is 0. The average Bonchev–Trinajstić information content (AvgIpc) is 1.87. The fourth-order valence-corrected chi connectivity index (χ4v) is 0.317. The standard InChI is InChI=1S/C3H3NO3.2H2O/c5-2-1-7-3(6)4-2;;/h1H2,(H,4,5,6);2*1H2. The lowest BCUT2D eigenvalue weighted by Crippen LogP contribution is -2.18. The summed E-state index contributed by atoms with van der Waals surface area (Å²) in [7, 11) is 0. The second kappa shape index (κ2) is 3.81. The topological polar surface area (TPSA) is 118 Å². The zero-order valence-electron chi connectivity index (χ0n) is 4.43. The van der Waals surface area contributed by atoms with E-state index in [4.69, 9.17) is 0 Å². The Kier molecular flexibility index (Phi) is 4.56. The second-order valence-electron chi connectivity index (χ2n) is 1.12. The van der Waals surface area contributed by atoms with Gasteiger partial charge in [0.05, 0.1) is 0 Å². The van der Waals surface area contributed by atoms with E-state index in [1.54, 1.807) is 0 Å². The monoisotopic (exact) mass is 137 g/mol. The number of cyclic esters (lactones) is 1. The van der Waals surface area contributed by atoms with Gasteiger partial charge in [0.1, 0.15) is 0 Å². The highest BCUT2D eigenvalue weighted by molar-refractivity contribution is 5.97. The number of imide groups is 1. The molecule has 1 saturated heterocycles. The van der Waals surface area contributed by atoms with E-state index < -0.39 is 6.09 Å². The highest BCUT2D eigenvalue weighted by Gasteiger charge is 2.17. The molecule has 2 amide bonds. The van der Waals surface area contributed by atoms with Crippen LogP contribution in [0.5, 0.6) is 0 Å². The lowest BCUT2D eigenvalue weighted by Gasteiger charge is -1.78. The zero-order valence-corrected chi connectivity index (χ0v) is 4.43. The lowest BCUT2D eigenvalue weighted by molar-refractivity contribution is -0.119. The van der Waals surface area contributed by atoms with Gasteiger partial charge in [-0.2, -0.15) is 0 Å². The summed E-state index contributed by atoms with van der Waals surface area (Å²) in [6.07, 6.45) is -0.648. The van der Waals surface area contributed by atoms with Crippen LogP contribution in [0.4, 0.5) is 4.79 Å². The van der Waals surface area contributed by atoms with Crippen LogP contribution >= 0.6 is 0 Å². The number of hydrogen-bond acceptors (Lipinski definition) is 3. The number of carbonyl (C=O) groups is 2. The fourth-order valence-electron chi connectivity index (χ4n) is 0.317. The quantitative estimate of drug-likeness (QED) is 0.400. The number of hydrogen-bond donors (Lipinski definition) is 1. The molecule has 9 heavy (non-hydrogen) atoms. The first kappa shape index (κ1) is 10.8. The summed E-state index contributed by atoms with van der Waals surface area (Å²) >= 11 is 0. The largest absolute Gasteiger partial charge is 0.439 e. The number of ether oxygens (including phenoxy) is 1. The number of nitrogens with one attached hydrogen (secondary N) is 1. The van der Waals surface area contributed by atoms with Crippen molar-refractivity contribution >= 4 is 12.0 Å². The fraction of sp³-hybridized carbons (Fsp3) is 0.333. The van der Waals surface area contributed by atoms with Crippen LogP contribution in [-0.2, 0) is 9.53 Å². The van der Waals surface area contributed by atoms with Crippen molar-refractivity contribution < 1.29 is 25.3 Å². The maximum absolute atomic E-state index is 10.00. The highest BCUT2D eigenvalue weighted by Crippen LogP contribution is 1.85. The number of amides is 2.